The molecule has 8 heteroatoms. The number of hydrogen-bond donors (Lipinski definition) is 1. The van der Waals surface area contributed by atoms with Gasteiger partial charge in [-0.05, 0) is 54.8 Å². The summed E-state index contributed by atoms with van der Waals surface area (Å²) in [6, 6.07) is 14.3. The van der Waals surface area contributed by atoms with E-state index in [1.807, 2.05) is 0 Å². The molecule has 2 N–H and O–H groups in total. The first-order chi connectivity index (χ1) is 14.3. The number of primary amides is 1. The Hall–Kier alpha value is -2.40. The zero-order chi connectivity index (χ0) is 21.7. The van der Waals surface area contributed by atoms with Crippen molar-refractivity contribution in [2.75, 3.05) is 0 Å². The number of carbonyl (C=O) groups is 1. The van der Waals surface area contributed by atoms with Crippen LogP contribution in [0.2, 0.25) is 5.02 Å². The van der Waals surface area contributed by atoms with Crippen molar-refractivity contribution in [3.63, 3.8) is 0 Å². The number of nitrogens with two attached hydrogens (primary N) is 1. The molecule has 1 saturated carbocycles. The summed E-state index contributed by atoms with van der Waals surface area (Å²) in [6.07, 6.45) is 3.74. The van der Waals surface area contributed by atoms with Crippen LogP contribution in [0.1, 0.15) is 43.2 Å². The summed E-state index contributed by atoms with van der Waals surface area (Å²) in [7, 11) is -3.91. The first kappa shape index (κ1) is 22.3. The zero-order valence-electron chi connectivity index (χ0n) is 16.5. The van der Waals surface area contributed by atoms with Crippen molar-refractivity contribution < 1.29 is 13.2 Å². The summed E-state index contributed by atoms with van der Waals surface area (Å²) in [4.78, 5) is 12.3. The maximum Gasteiger partial charge on any atom is 0.243 e. The molecule has 0 bridgehead atoms. The molecule has 0 aliphatic heterocycles. The second-order valence-electron chi connectivity index (χ2n) is 7.53. The van der Waals surface area contributed by atoms with E-state index in [-0.39, 0.29) is 11.4 Å². The molecule has 0 heterocycles. The van der Waals surface area contributed by atoms with E-state index in [0.29, 0.717) is 23.4 Å². The van der Waals surface area contributed by atoms with E-state index >= 15 is 0 Å². The fourth-order valence-electron chi connectivity index (χ4n) is 3.95. The molecule has 3 rings (SSSR count). The molecule has 2 atom stereocenters. The highest BCUT2D eigenvalue weighted by atomic mass is 35.5. The molecule has 158 valence electrons. The standard InChI is InChI=1S/C22H24ClN3O3S/c23-18-10-12-19(13-11-18)30(28,29)26(15-17-8-6-16(14-24)7-9-17)21-5-3-1-2-4-20(21)22(25)27/h6-13,20-21H,1-5,15H2,(H2,25,27)/t20-,21+/m1/s1. The first-order valence-corrected chi connectivity index (χ1v) is 11.7. The van der Waals surface area contributed by atoms with Crippen LogP contribution < -0.4 is 5.73 Å². The summed E-state index contributed by atoms with van der Waals surface area (Å²) in [5.41, 5.74) is 6.91. The highest BCUT2D eigenvalue weighted by Gasteiger charge is 2.39. The summed E-state index contributed by atoms with van der Waals surface area (Å²) < 4.78 is 28.7. The predicted molar refractivity (Wildman–Crippen MR) is 115 cm³/mol. The smallest absolute Gasteiger partial charge is 0.243 e. The van der Waals surface area contributed by atoms with Crippen molar-refractivity contribution >= 4 is 27.5 Å². The number of nitriles is 1. The van der Waals surface area contributed by atoms with Gasteiger partial charge in [0.15, 0.2) is 0 Å². The minimum absolute atomic E-state index is 0.0884. The van der Waals surface area contributed by atoms with Crippen molar-refractivity contribution in [3.05, 3.63) is 64.7 Å². The lowest BCUT2D eigenvalue weighted by Crippen LogP contribution is -2.47. The van der Waals surface area contributed by atoms with E-state index in [1.165, 1.54) is 28.6 Å². The highest BCUT2D eigenvalue weighted by molar-refractivity contribution is 7.89. The molecular weight excluding hydrogens is 422 g/mol. The Morgan fingerprint density at radius 2 is 1.70 bits per heavy atom. The van der Waals surface area contributed by atoms with Crippen LogP contribution in [0.5, 0.6) is 0 Å². The van der Waals surface area contributed by atoms with Crippen molar-refractivity contribution in [1.29, 1.82) is 5.26 Å². The Morgan fingerprint density at radius 1 is 1.07 bits per heavy atom. The van der Waals surface area contributed by atoms with Crippen molar-refractivity contribution in [3.8, 4) is 6.07 Å². The number of sulfonamides is 1. The van der Waals surface area contributed by atoms with Gasteiger partial charge < -0.3 is 5.73 Å². The van der Waals surface area contributed by atoms with Crippen LogP contribution in [0.25, 0.3) is 0 Å². The van der Waals surface area contributed by atoms with Gasteiger partial charge in [-0.2, -0.15) is 9.57 Å². The van der Waals surface area contributed by atoms with Crippen LogP contribution in [-0.2, 0) is 21.4 Å². The molecule has 1 amide bonds. The molecule has 6 nitrogen and oxygen atoms in total. The van der Waals surface area contributed by atoms with E-state index in [9.17, 15) is 13.2 Å². The van der Waals surface area contributed by atoms with Gasteiger partial charge in [0.25, 0.3) is 0 Å². The number of halogens is 1. The molecule has 1 aliphatic rings. The van der Waals surface area contributed by atoms with Crippen LogP contribution in [0.3, 0.4) is 0 Å². The van der Waals surface area contributed by atoms with E-state index in [2.05, 4.69) is 6.07 Å². The number of rotatable bonds is 6. The molecular formula is C22H24ClN3O3S. The van der Waals surface area contributed by atoms with E-state index in [1.54, 1.807) is 24.3 Å². The molecule has 2 aromatic carbocycles. The Labute approximate surface area is 182 Å². The zero-order valence-corrected chi connectivity index (χ0v) is 18.1. The van der Waals surface area contributed by atoms with Gasteiger partial charge in [-0.3, -0.25) is 4.79 Å². The first-order valence-electron chi connectivity index (χ1n) is 9.88. The quantitative estimate of drug-likeness (QED) is 0.682. The number of benzene rings is 2. The number of hydrogen-bond acceptors (Lipinski definition) is 4. The molecule has 0 spiro atoms. The normalized spacial score (nSPS) is 19.8. The molecule has 2 aromatic rings. The molecule has 0 saturated heterocycles. The molecule has 1 aliphatic carbocycles. The van der Waals surface area contributed by atoms with Gasteiger partial charge in [-0.1, -0.05) is 43.0 Å². The van der Waals surface area contributed by atoms with Gasteiger partial charge in [-0.25, -0.2) is 8.42 Å². The van der Waals surface area contributed by atoms with Crippen LogP contribution in [0, 0.1) is 17.2 Å². The lowest BCUT2D eigenvalue weighted by atomic mass is 9.94. The Morgan fingerprint density at radius 3 is 2.30 bits per heavy atom. The average Bonchev–Trinajstić information content (AvgIpc) is 2.98. The fourth-order valence-corrected chi connectivity index (χ4v) is 5.76. The van der Waals surface area contributed by atoms with E-state index in [0.717, 1.165) is 24.8 Å². The van der Waals surface area contributed by atoms with Crippen molar-refractivity contribution in [2.45, 2.75) is 49.6 Å². The molecule has 1 fully saturated rings. The molecule has 0 unspecified atom stereocenters. The number of amides is 1. The van der Waals surface area contributed by atoms with E-state index in [4.69, 9.17) is 22.6 Å². The average molecular weight is 446 g/mol. The maximum atomic E-state index is 13.6. The molecule has 0 aromatic heterocycles. The molecule has 30 heavy (non-hydrogen) atoms. The summed E-state index contributed by atoms with van der Waals surface area (Å²) >= 11 is 5.94. The predicted octanol–water partition coefficient (Wildman–Crippen LogP) is 3.84. The Balaban J connectivity index is 2.05. The summed E-state index contributed by atoms with van der Waals surface area (Å²) in [5, 5.41) is 9.46. The second kappa shape index (κ2) is 9.61. The van der Waals surface area contributed by atoms with Crippen LogP contribution >= 0.6 is 11.6 Å². The lowest BCUT2D eigenvalue weighted by Gasteiger charge is -2.34. The Bertz CT molecular complexity index is 1030. The summed E-state index contributed by atoms with van der Waals surface area (Å²) in [6.45, 7) is 0.0884. The van der Waals surface area contributed by atoms with Crippen LogP contribution in [0.4, 0.5) is 0 Å². The molecule has 0 radical (unpaired) electrons. The van der Waals surface area contributed by atoms with Gasteiger partial charge in [0.2, 0.25) is 15.9 Å². The van der Waals surface area contributed by atoms with Crippen LogP contribution in [0.15, 0.2) is 53.4 Å². The Kier molecular flexibility index (Phi) is 7.14. The SMILES string of the molecule is N#Cc1ccc(CN([C@H]2CCCCC[C@H]2C(N)=O)S(=O)(=O)c2ccc(Cl)cc2)cc1. The number of carbonyl (C=O) groups excluding carboxylic acids is 1. The van der Waals surface area contributed by atoms with Crippen molar-refractivity contribution in [2.24, 2.45) is 11.7 Å². The minimum Gasteiger partial charge on any atom is -0.369 e. The third kappa shape index (κ3) is 5.01. The maximum absolute atomic E-state index is 13.6. The van der Waals surface area contributed by atoms with Gasteiger partial charge in [0, 0.05) is 17.6 Å². The monoisotopic (exact) mass is 445 g/mol. The third-order valence-corrected chi connectivity index (χ3v) is 7.69. The second-order valence-corrected chi connectivity index (χ2v) is 9.85. The third-order valence-electron chi connectivity index (χ3n) is 5.56. The minimum atomic E-state index is -3.91. The van der Waals surface area contributed by atoms with Crippen LogP contribution in [-0.4, -0.2) is 24.7 Å². The fraction of sp³-hybridized carbons (Fsp3) is 0.364. The van der Waals surface area contributed by atoms with Gasteiger partial charge in [0.1, 0.15) is 0 Å². The summed E-state index contributed by atoms with van der Waals surface area (Å²) in [5.74, 6) is -1.02. The van der Waals surface area contributed by atoms with E-state index < -0.39 is 27.9 Å². The largest absolute Gasteiger partial charge is 0.369 e. The highest BCUT2D eigenvalue weighted by Crippen LogP contribution is 2.33. The topological polar surface area (TPSA) is 104 Å². The lowest BCUT2D eigenvalue weighted by molar-refractivity contribution is -0.123. The van der Waals surface area contributed by atoms with Gasteiger partial charge in [0.05, 0.1) is 22.4 Å². The number of nitrogens with zero attached hydrogens (tertiary/aromatic N) is 2. The van der Waals surface area contributed by atoms with Gasteiger partial charge in [-0.15, -0.1) is 0 Å². The van der Waals surface area contributed by atoms with Gasteiger partial charge >= 0.3 is 0 Å². The van der Waals surface area contributed by atoms with Crippen molar-refractivity contribution in [1.82, 2.24) is 4.31 Å².